The summed E-state index contributed by atoms with van der Waals surface area (Å²) in [5, 5.41) is 5.51. The molecule has 0 aliphatic heterocycles. The fraction of sp³-hybridized carbons (Fsp3) is 0.447. The Morgan fingerprint density at radius 1 is 0.940 bits per heavy atom. The maximum Gasteiger partial charge on any atom is 0.459 e. The van der Waals surface area contributed by atoms with Crippen molar-refractivity contribution in [1.82, 2.24) is 19.6 Å². The number of anilines is 1. The molecule has 3 atom stereocenters. The molecule has 50 heavy (non-hydrogen) atoms. The summed E-state index contributed by atoms with van der Waals surface area (Å²) in [6.45, 7) is 17.7. The first-order valence-electron chi connectivity index (χ1n) is 17.1. The molecule has 2 aromatic heterocycles. The Labute approximate surface area is 294 Å². The highest BCUT2D eigenvalue weighted by Gasteiger charge is 2.42. The predicted molar refractivity (Wildman–Crippen MR) is 199 cm³/mol. The SMILES string of the molecule is CCOCc1nc2c(N)nc3ccccc3c2n1C(C)(COP(=O)(N[C@H](C(=O)OC(C)(C)C)C(C)C)Oc1cccc2ccccc12)C(C)C. The van der Waals surface area contributed by atoms with Crippen molar-refractivity contribution in [2.75, 3.05) is 18.9 Å². The number of aromatic nitrogens is 3. The Morgan fingerprint density at radius 3 is 2.26 bits per heavy atom. The quantitative estimate of drug-likeness (QED) is 0.0856. The zero-order valence-corrected chi connectivity index (χ0v) is 31.4. The van der Waals surface area contributed by atoms with Crippen LogP contribution >= 0.6 is 7.75 Å². The van der Waals surface area contributed by atoms with Gasteiger partial charge in [0.25, 0.3) is 0 Å². The van der Waals surface area contributed by atoms with Crippen molar-refractivity contribution in [2.24, 2.45) is 11.8 Å². The second-order valence-corrected chi connectivity index (χ2v) is 16.1. The van der Waals surface area contributed by atoms with Crippen molar-refractivity contribution in [1.29, 1.82) is 0 Å². The molecule has 12 heteroatoms. The summed E-state index contributed by atoms with van der Waals surface area (Å²) in [4.78, 5) is 23.1. The molecule has 0 aliphatic carbocycles. The molecule has 3 aromatic carbocycles. The fourth-order valence-corrected chi connectivity index (χ4v) is 7.67. The van der Waals surface area contributed by atoms with Gasteiger partial charge in [-0.15, -0.1) is 0 Å². The number of benzene rings is 3. The molecule has 268 valence electrons. The lowest BCUT2D eigenvalue weighted by Crippen LogP contribution is -2.46. The molecule has 5 rings (SSSR count). The van der Waals surface area contributed by atoms with Crippen molar-refractivity contribution in [2.45, 2.75) is 86.1 Å². The number of carbonyl (C=O) groups is 1. The number of carbonyl (C=O) groups excluding carboxylic acids is 1. The Balaban J connectivity index is 1.64. The van der Waals surface area contributed by atoms with Crippen molar-refractivity contribution in [3.63, 3.8) is 0 Å². The van der Waals surface area contributed by atoms with E-state index in [9.17, 15) is 4.79 Å². The number of nitrogen functional groups attached to an aromatic ring is 1. The van der Waals surface area contributed by atoms with Gasteiger partial charge >= 0.3 is 13.7 Å². The molecule has 0 saturated carbocycles. The van der Waals surface area contributed by atoms with E-state index < -0.39 is 30.9 Å². The largest absolute Gasteiger partial charge is 0.459 e. The van der Waals surface area contributed by atoms with Crippen LogP contribution in [0.1, 0.15) is 68.1 Å². The van der Waals surface area contributed by atoms with Crippen LogP contribution in [0.2, 0.25) is 0 Å². The Bertz CT molecular complexity index is 2030. The van der Waals surface area contributed by atoms with Gasteiger partial charge < -0.3 is 24.3 Å². The first-order chi connectivity index (χ1) is 23.6. The van der Waals surface area contributed by atoms with Gasteiger partial charge in [0.15, 0.2) is 5.82 Å². The predicted octanol–water partition coefficient (Wildman–Crippen LogP) is 8.39. The van der Waals surface area contributed by atoms with E-state index in [4.69, 9.17) is 29.2 Å². The van der Waals surface area contributed by atoms with E-state index in [1.54, 1.807) is 26.8 Å². The summed E-state index contributed by atoms with van der Waals surface area (Å²) in [5.41, 5.74) is 6.90. The highest BCUT2D eigenvalue weighted by molar-refractivity contribution is 7.52. The minimum absolute atomic E-state index is 0.0915. The molecule has 0 radical (unpaired) electrons. The molecule has 0 bridgehead atoms. The van der Waals surface area contributed by atoms with Crippen LogP contribution in [-0.2, 0) is 35.5 Å². The summed E-state index contributed by atoms with van der Waals surface area (Å²) in [6.07, 6.45) is 0. The van der Waals surface area contributed by atoms with E-state index in [2.05, 4.69) is 28.5 Å². The standard InChI is InChI=1S/C38H50N5O6P/c1-10-46-22-31-41-33-34(28-19-13-14-20-29(28)40-35(33)39)43(31)38(9,25(4)5)23-47-50(45,42-32(24(2)3)36(44)48-37(6,7)8)49-30-21-15-17-26-16-11-12-18-27(26)30/h11-21,24-25,32H,10,22-23H2,1-9H3,(H2,39,40)(H,42,45)/t32-,38?,50?/m0/s1. The van der Waals surface area contributed by atoms with E-state index in [-0.39, 0.29) is 25.0 Å². The van der Waals surface area contributed by atoms with E-state index >= 15 is 4.57 Å². The molecule has 2 unspecified atom stereocenters. The number of nitrogens with two attached hydrogens (primary N) is 1. The average Bonchev–Trinajstić information content (AvgIpc) is 3.45. The minimum Gasteiger partial charge on any atom is -0.459 e. The smallest absolute Gasteiger partial charge is 0.459 e. The third-order valence-electron chi connectivity index (χ3n) is 8.90. The van der Waals surface area contributed by atoms with Crippen LogP contribution in [0.5, 0.6) is 5.75 Å². The number of pyridine rings is 1. The minimum atomic E-state index is -4.32. The fourth-order valence-electron chi connectivity index (χ4n) is 5.90. The van der Waals surface area contributed by atoms with Crippen LogP contribution in [-0.4, -0.2) is 45.4 Å². The number of esters is 1. The van der Waals surface area contributed by atoms with Gasteiger partial charge in [0.1, 0.15) is 35.3 Å². The molecular formula is C38H50N5O6P. The van der Waals surface area contributed by atoms with Crippen LogP contribution in [0.3, 0.4) is 0 Å². The highest BCUT2D eigenvalue weighted by atomic mass is 31.2. The van der Waals surface area contributed by atoms with Gasteiger partial charge in [0, 0.05) is 17.4 Å². The number of para-hydroxylation sites is 1. The van der Waals surface area contributed by atoms with Crippen LogP contribution in [0.15, 0.2) is 66.7 Å². The number of fused-ring (bicyclic) bond motifs is 4. The molecule has 3 N–H and O–H groups in total. The third kappa shape index (κ3) is 7.81. The third-order valence-corrected chi connectivity index (χ3v) is 10.4. The summed E-state index contributed by atoms with van der Waals surface area (Å²) in [6, 6.07) is 19.9. The lowest BCUT2D eigenvalue weighted by molar-refractivity contribution is -0.158. The molecular weight excluding hydrogens is 653 g/mol. The van der Waals surface area contributed by atoms with Crippen LogP contribution in [0, 0.1) is 11.8 Å². The first kappa shape index (κ1) is 37.2. The molecule has 5 aromatic rings. The maximum absolute atomic E-state index is 15.2. The Morgan fingerprint density at radius 2 is 1.60 bits per heavy atom. The molecule has 0 fully saturated rings. The van der Waals surface area contributed by atoms with E-state index in [0.29, 0.717) is 29.5 Å². The highest BCUT2D eigenvalue weighted by Crippen LogP contribution is 2.49. The number of hydrogen-bond donors (Lipinski definition) is 2. The Hall–Kier alpha value is -4.02. The monoisotopic (exact) mass is 703 g/mol. The number of ether oxygens (including phenoxy) is 2. The molecule has 0 spiro atoms. The van der Waals surface area contributed by atoms with E-state index in [0.717, 1.165) is 27.2 Å². The van der Waals surface area contributed by atoms with Gasteiger partial charge in [-0.05, 0) is 64.0 Å². The normalized spacial score (nSPS) is 15.4. The van der Waals surface area contributed by atoms with Gasteiger partial charge in [-0.1, -0.05) is 82.3 Å². The van der Waals surface area contributed by atoms with Gasteiger partial charge in [0.05, 0.1) is 23.2 Å². The zero-order chi connectivity index (χ0) is 36.4. The average molecular weight is 704 g/mol. The first-order valence-corrected chi connectivity index (χ1v) is 18.7. The van der Waals surface area contributed by atoms with Crippen molar-refractivity contribution in [3.05, 3.63) is 72.6 Å². The summed E-state index contributed by atoms with van der Waals surface area (Å²) >= 11 is 0. The van der Waals surface area contributed by atoms with Gasteiger partial charge in [-0.3, -0.25) is 9.32 Å². The lowest BCUT2D eigenvalue weighted by atomic mass is 9.88. The summed E-state index contributed by atoms with van der Waals surface area (Å²) in [7, 11) is -4.32. The van der Waals surface area contributed by atoms with E-state index in [1.165, 1.54) is 0 Å². The molecule has 11 nitrogen and oxygen atoms in total. The molecule has 0 saturated heterocycles. The second kappa shape index (κ2) is 14.7. The number of nitrogens with zero attached hydrogens (tertiary/aromatic N) is 3. The van der Waals surface area contributed by atoms with Crippen molar-refractivity contribution in [3.8, 4) is 5.75 Å². The number of rotatable bonds is 14. The maximum atomic E-state index is 15.2. The summed E-state index contributed by atoms with van der Waals surface area (Å²) in [5.74, 6) is 0.312. The molecule has 0 amide bonds. The molecule has 0 aliphatic rings. The van der Waals surface area contributed by atoms with E-state index in [1.807, 2.05) is 88.4 Å². The van der Waals surface area contributed by atoms with Crippen LogP contribution < -0.4 is 15.3 Å². The van der Waals surface area contributed by atoms with Crippen LogP contribution in [0.25, 0.3) is 32.7 Å². The van der Waals surface area contributed by atoms with Gasteiger partial charge in [-0.2, -0.15) is 5.09 Å². The summed E-state index contributed by atoms with van der Waals surface area (Å²) < 4.78 is 41.8. The van der Waals surface area contributed by atoms with Gasteiger partial charge in [0.2, 0.25) is 0 Å². The van der Waals surface area contributed by atoms with Crippen molar-refractivity contribution >= 4 is 52.2 Å². The zero-order valence-electron chi connectivity index (χ0n) is 30.5. The van der Waals surface area contributed by atoms with Gasteiger partial charge in [-0.25, -0.2) is 14.5 Å². The van der Waals surface area contributed by atoms with Crippen LogP contribution in [0.4, 0.5) is 5.82 Å². The second-order valence-electron chi connectivity index (χ2n) is 14.4. The number of imidazole rings is 1. The molecule has 2 heterocycles. The van der Waals surface area contributed by atoms with Crippen molar-refractivity contribution < 1.29 is 27.9 Å². The number of hydrogen-bond acceptors (Lipinski definition) is 9. The Kier molecular flexibility index (Phi) is 10.9. The number of nitrogens with one attached hydrogen (secondary N) is 1. The lowest BCUT2D eigenvalue weighted by Gasteiger charge is -2.38. The topological polar surface area (TPSA) is 140 Å².